The van der Waals surface area contributed by atoms with Gasteiger partial charge in [0.2, 0.25) is 0 Å². The summed E-state index contributed by atoms with van der Waals surface area (Å²) in [4.78, 5) is 29.9. The Hall–Kier alpha value is -2.69. The minimum Gasteiger partial charge on any atom is -0.397 e. The van der Waals surface area contributed by atoms with Crippen molar-refractivity contribution < 1.29 is 9.59 Å². The third kappa shape index (κ3) is 1.67. The zero-order chi connectivity index (χ0) is 14.4. The van der Waals surface area contributed by atoms with Crippen LogP contribution in [-0.4, -0.2) is 16.8 Å². The predicted octanol–water partition coefficient (Wildman–Crippen LogP) is 2.08. The second-order valence-corrected chi connectivity index (χ2v) is 4.89. The van der Waals surface area contributed by atoms with Crippen molar-refractivity contribution in [1.29, 1.82) is 0 Å². The lowest BCUT2D eigenvalue weighted by molar-refractivity contribution is 0.0925. The number of carbonyl (C=O) groups excluding carboxylic acids is 2. The fraction of sp³-hybridized carbons (Fsp3) is 0.133. The number of hydrogen-bond acceptors (Lipinski definition) is 4. The summed E-state index contributed by atoms with van der Waals surface area (Å²) in [6.45, 7) is 3.69. The number of nitrogens with zero attached hydrogens (tertiary/aromatic N) is 2. The lowest BCUT2D eigenvalue weighted by Crippen LogP contribution is -2.30. The lowest BCUT2D eigenvalue weighted by atomic mass is 10.1. The maximum absolute atomic E-state index is 12.4. The highest BCUT2D eigenvalue weighted by molar-refractivity contribution is 6.34. The Morgan fingerprint density at radius 3 is 2.45 bits per heavy atom. The summed E-state index contributed by atoms with van der Waals surface area (Å²) in [5.41, 5.74) is 8.79. The number of hydrogen-bond donors (Lipinski definition) is 1. The molecule has 1 aromatic carbocycles. The zero-order valence-corrected chi connectivity index (χ0v) is 11.2. The summed E-state index contributed by atoms with van der Waals surface area (Å²) in [5, 5.41) is 0. The number of pyridine rings is 1. The number of imide groups is 1. The van der Waals surface area contributed by atoms with E-state index in [2.05, 4.69) is 4.98 Å². The Balaban J connectivity index is 2.11. The molecule has 0 atom stereocenters. The maximum atomic E-state index is 12.4. The molecule has 1 aromatic heterocycles. The Morgan fingerprint density at radius 1 is 1.05 bits per heavy atom. The van der Waals surface area contributed by atoms with Crippen LogP contribution in [0.2, 0.25) is 0 Å². The highest BCUT2D eigenvalue weighted by Gasteiger charge is 2.37. The molecule has 0 fully saturated rings. The summed E-state index contributed by atoms with van der Waals surface area (Å²) in [5.74, 6) is -0.382. The monoisotopic (exact) mass is 267 g/mol. The van der Waals surface area contributed by atoms with Crippen molar-refractivity contribution >= 4 is 23.3 Å². The molecule has 2 heterocycles. The largest absolute Gasteiger partial charge is 0.397 e. The van der Waals surface area contributed by atoms with E-state index >= 15 is 0 Å². The molecule has 5 heteroatoms. The number of amides is 2. The van der Waals surface area contributed by atoms with E-state index in [4.69, 9.17) is 5.73 Å². The van der Waals surface area contributed by atoms with Crippen LogP contribution in [0.5, 0.6) is 0 Å². The fourth-order valence-electron chi connectivity index (χ4n) is 2.24. The first-order chi connectivity index (χ1) is 9.49. The van der Waals surface area contributed by atoms with Gasteiger partial charge in [0.15, 0.2) is 0 Å². The standard InChI is InChI=1S/C15H13N3O2/c1-8-3-4-10-11(5-8)15(20)18(14(10)19)13-6-9(2)12(16)7-17-13/h3-7H,16H2,1-2H3. The Kier molecular flexibility index (Phi) is 2.57. The SMILES string of the molecule is Cc1ccc2c(c1)C(=O)N(c1cc(C)c(N)cn1)C2=O. The summed E-state index contributed by atoms with van der Waals surface area (Å²) in [6, 6.07) is 6.85. The average molecular weight is 267 g/mol. The lowest BCUT2D eigenvalue weighted by Gasteiger charge is -2.13. The number of rotatable bonds is 1. The average Bonchev–Trinajstić information content (AvgIpc) is 2.65. The molecule has 0 saturated heterocycles. The first kappa shape index (κ1) is 12.3. The molecule has 5 nitrogen and oxygen atoms in total. The van der Waals surface area contributed by atoms with E-state index in [0.717, 1.165) is 16.0 Å². The molecule has 0 aliphatic carbocycles. The van der Waals surface area contributed by atoms with Crippen molar-refractivity contribution in [1.82, 2.24) is 4.98 Å². The van der Waals surface area contributed by atoms with Crippen molar-refractivity contribution in [3.05, 3.63) is 52.7 Å². The van der Waals surface area contributed by atoms with Gasteiger partial charge in [-0.1, -0.05) is 11.6 Å². The van der Waals surface area contributed by atoms with Crippen molar-refractivity contribution in [2.75, 3.05) is 10.6 Å². The molecule has 20 heavy (non-hydrogen) atoms. The van der Waals surface area contributed by atoms with Crippen molar-refractivity contribution in [3.63, 3.8) is 0 Å². The van der Waals surface area contributed by atoms with Crippen LogP contribution in [0.4, 0.5) is 11.5 Å². The van der Waals surface area contributed by atoms with Crippen molar-refractivity contribution in [2.24, 2.45) is 0 Å². The van der Waals surface area contributed by atoms with Crippen LogP contribution < -0.4 is 10.6 Å². The molecule has 1 aliphatic rings. The molecule has 2 N–H and O–H groups in total. The normalized spacial score (nSPS) is 13.8. The summed E-state index contributed by atoms with van der Waals surface area (Å²) < 4.78 is 0. The molecule has 0 radical (unpaired) electrons. The van der Waals surface area contributed by atoms with Gasteiger partial charge in [0.1, 0.15) is 5.82 Å². The van der Waals surface area contributed by atoms with Gasteiger partial charge >= 0.3 is 0 Å². The second kappa shape index (κ2) is 4.16. The van der Waals surface area contributed by atoms with Gasteiger partial charge in [0.05, 0.1) is 23.0 Å². The van der Waals surface area contributed by atoms with E-state index in [0.29, 0.717) is 22.6 Å². The van der Waals surface area contributed by atoms with E-state index in [9.17, 15) is 9.59 Å². The summed E-state index contributed by atoms with van der Waals surface area (Å²) in [7, 11) is 0. The van der Waals surface area contributed by atoms with E-state index in [1.165, 1.54) is 6.20 Å². The van der Waals surface area contributed by atoms with E-state index in [1.54, 1.807) is 18.2 Å². The second-order valence-electron chi connectivity index (χ2n) is 4.89. The molecular weight excluding hydrogens is 254 g/mol. The quantitative estimate of drug-likeness (QED) is 0.802. The van der Waals surface area contributed by atoms with Crippen LogP contribution in [0.1, 0.15) is 31.8 Å². The predicted molar refractivity (Wildman–Crippen MR) is 75.7 cm³/mol. The van der Waals surface area contributed by atoms with Gasteiger partial charge in [-0.3, -0.25) is 9.59 Å². The number of aromatic nitrogens is 1. The van der Waals surface area contributed by atoms with E-state index in [-0.39, 0.29) is 11.8 Å². The first-order valence-electron chi connectivity index (χ1n) is 6.20. The molecule has 2 amide bonds. The number of anilines is 2. The smallest absolute Gasteiger partial charge is 0.267 e. The van der Waals surface area contributed by atoms with Gasteiger partial charge in [-0.15, -0.1) is 0 Å². The van der Waals surface area contributed by atoms with Crippen LogP contribution in [0.25, 0.3) is 0 Å². The molecule has 0 spiro atoms. The van der Waals surface area contributed by atoms with Crippen LogP contribution in [0.15, 0.2) is 30.5 Å². The summed E-state index contributed by atoms with van der Waals surface area (Å²) >= 11 is 0. The molecule has 3 rings (SSSR count). The maximum Gasteiger partial charge on any atom is 0.267 e. The van der Waals surface area contributed by atoms with Crippen LogP contribution in [-0.2, 0) is 0 Å². The minimum absolute atomic E-state index is 0.306. The molecule has 1 aliphatic heterocycles. The highest BCUT2D eigenvalue weighted by Crippen LogP contribution is 2.28. The number of nitrogens with two attached hydrogens (primary N) is 1. The number of fused-ring (bicyclic) bond motifs is 1. The van der Waals surface area contributed by atoms with Crippen LogP contribution >= 0.6 is 0 Å². The molecule has 100 valence electrons. The number of aryl methyl sites for hydroxylation is 2. The first-order valence-corrected chi connectivity index (χ1v) is 6.20. The number of carbonyl (C=O) groups is 2. The third-order valence-electron chi connectivity index (χ3n) is 3.41. The van der Waals surface area contributed by atoms with Crippen LogP contribution in [0, 0.1) is 13.8 Å². The van der Waals surface area contributed by atoms with Gasteiger partial charge in [0.25, 0.3) is 11.8 Å². The van der Waals surface area contributed by atoms with Gasteiger partial charge in [0, 0.05) is 0 Å². The van der Waals surface area contributed by atoms with Gasteiger partial charge in [-0.05, 0) is 37.6 Å². The van der Waals surface area contributed by atoms with Crippen molar-refractivity contribution in [3.8, 4) is 0 Å². The molecule has 2 aromatic rings. The van der Waals surface area contributed by atoms with Crippen LogP contribution in [0.3, 0.4) is 0 Å². The Labute approximate surface area is 116 Å². The van der Waals surface area contributed by atoms with Gasteiger partial charge < -0.3 is 5.73 Å². The minimum atomic E-state index is -0.346. The zero-order valence-electron chi connectivity index (χ0n) is 11.2. The van der Waals surface area contributed by atoms with Crippen molar-refractivity contribution in [2.45, 2.75) is 13.8 Å². The number of nitrogen functional groups attached to an aromatic ring is 1. The molecule has 0 saturated carbocycles. The fourth-order valence-corrected chi connectivity index (χ4v) is 2.24. The molecule has 0 unspecified atom stereocenters. The highest BCUT2D eigenvalue weighted by atomic mass is 16.2. The number of benzene rings is 1. The van der Waals surface area contributed by atoms with E-state index in [1.807, 2.05) is 19.9 Å². The van der Waals surface area contributed by atoms with Gasteiger partial charge in [-0.25, -0.2) is 9.88 Å². The van der Waals surface area contributed by atoms with Gasteiger partial charge in [-0.2, -0.15) is 0 Å². The third-order valence-corrected chi connectivity index (χ3v) is 3.41. The summed E-state index contributed by atoms with van der Waals surface area (Å²) in [6.07, 6.45) is 1.46. The molecular formula is C15H13N3O2. The topological polar surface area (TPSA) is 76.3 Å². The molecule has 0 bridgehead atoms. The van der Waals surface area contributed by atoms with E-state index < -0.39 is 0 Å². The Bertz CT molecular complexity index is 753. The Morgan fingerprint density at radius 2 is 1.75 bits per heavy atom.